The number of fused-ring (bicyclic) bond motifs is 1. The normalized spacial score (nSPS) is 24.6. The zero-order valence-corrected chi connectivity index (χ0v) is 9.34. The summed E-state index contributed by atoms with van der Waals surface area (Å²) in [5.41, 5.74) is 6.38. The van der Waals surface area contributed by atoms with Gasteiger partial charge in [0.1, 0.15) is 17.7 Å². The van der Waals surface area contributed by atoms with Gasteiger partial charge < -0.3 is 10.5 Å². The minimum atomic E-state index is -0.354. The maximum atomic E-state index is 13.5. The molecule has 0 saturated heterocycles. The fraction of sp³-hybridized carbons (Fsp3) is 0.400. The minimum Gasteiger partial charge on any atom is -0.487 e. The third-order valence-corrected chi connectivity index (χ3v) is 3.12. The third-order valence-electron chi connectivity index (χ3n) is 2.50. The van der Waals surface area contributed by atoms with Crippen molar-refractivity contribution in [3.05, 3.63) is 28.0 Å². The van der Waals surface area contributed by atoms with Gasteiger partial charge in [-0.25, -0.2) is 4.39 Å². The summed E-state index contributed by atoms with van der Waals surface area (Å²) in [6.07, 6.45) is 0.667. The maximum absolute atomic E-state index is 13.5. The van der Waals surface area contributed by atoms with Crippen molar-refractivity contribution in [3.63, 3.8) is 0 Å². The van der Waals surface area contributed by atoms with E-state index in [9.17, 15) is 4.39 Å². The zero-order chi connectivity index (χ0) is 10.3. The van der Waals surface area contributed by atoms with E-state index < -0.39 is 0 Å². The molecule has 0 amide bonds. The molecule has 0 radical (unpaired) electrons. The van der Waals surface area contributed by atoms with Crippen molar-refractivity contribution in [1.29, 1.82) is 0 Å². The van der Waals surface area contributed by atoms with Crippen molar-refractivity contribution < 1.29 is 9.13 Å². The van der Waals surface area contributed by atoms with Gasteiger partial charge >= 0.3 is 0 Å². The standard InChI is InChI=1S/C10H11BrFNO/c1-2-7-9(13)8-6(12)4-3-5(11)10(8)14-7/h3-4,7,9H,2,13H2,1H3. The molecule has 2 atom stereocenters. The Morgan fingerprint density at radius 2 is 2.29 bits per heavy atom. The molecule has 0 saturated carbocycles. The van der Waals surface area contributed by atoms with Crippen LogP contribution in [0, 0.1) is 5.82 Å². The lowest BCUT2D eigenvalue weighted by Gasteiger charge is -2.11. The van der Waals surface area contributed by atoms with Crippen LogP contribution in [0.3, 0.4) is 0 Å². The minimum absolute atomic E-state index is 0.113. The summed E-state index contributed by atoms with van der Waals surface area (Å²) in [7, 11) is 0. The number of nitrogens with two attached hydrogens (primary N) is 1. The lowest BCUT2D eigenvalue weighted by molar-refractivity contribution is 0.201. The molecule has 0 bridgehead atoms. The predicted molar refractivity (Wildman–Crippen MR) is 55.7 cm³/mol. The summed E-state index contributed by atoms with van der Waals surface area (Å²) in [6.45, 7) is 1.97. The molecular formula is C10H11BrFNO. The van der Waals surface area contributed by atoms with Crippen LogP contribution >= 0.6 is 15.9 Å². The van der Waals surface area contributed by atoms with E-state index in [0.29, 0.717) is 11.3 Å². The highest BCUT2D eigenvalue weighted by Gasteiger charge is 2.34. The summed E-state index contributed by atoms with van der Waals surface area (Å²) in [5.74, 6) is 0.274. The lowest BCUT2D eigenvalue weighted by Crippen LogP contribution is -2.24. The molecule has 1 aliphatic heterocycles. The Labute approximate surface area is 90.4 Å². The number of ether oxygens (including phenoxy) is 1. The molecule has 14 heavy (non-hydrogen) atoms. The first-order chi connectivity index (χ1) is 6.65. The van der Waals surface area contributed by atoms with E-state index in [0.717, 1.165) is 10.9 Å². The quantitative estimate of drug-likeness (QED) is 0.842. The second kappa shape index (κ2) is 3.51. The molecule has 2 unspecified atom stereocenters. The topological polar surface area (TPSA) is 35.2 Å². The monoisotopic (exact) mass is 259 g/mol. The average molecular weight is 260 g/mol. The molecule has 0 fully saturated rings. The van der Waals surface area contributed by atoms with E-state index in [1.165, 1.54) is 6.07 Å². The maximum Gasteiger partial charge on any atom is 0.141 e. The molecule has 2 N–H and O–H groups in total. The smallest absolute Gasteiger partial charge is 0.141 e. The van der Waals surface area contributed by atoms with E-state index in [4.69, 9.17) is 10.5 Å². The van der Waals surface area contributed by atoms with Crippen LogP contribution < -0.4 is 10.5 Å². The molecule has 0 aromatic heterocycles. The first-order valence-corrected chi connectivity index (χ1v) is 5.34. The molecule has 4 heteroatoms. The fourth-order valence-corrected chi connectivity index (χ4v) is 2.17. The van der Waals surface area contributed by atoms with Gasteiger partial charge in [-0.15, -0.1) is 0 Å². The second-order valence-corrected chi connectivity index (χ2v) is 4.22. The van der Waals surface area contributed by atoms with Gasteiger partial charge in [0.05, 0.1) is 16.1 Å². The van der Waals surface area contributed by atoms with Gasteiger partial charge in [0, 0.05) is 0 Å². The Morgan fingerprint density at radius 1 is 1.57 bits per heavy atom. The number of hydrogen-bond donors (Lipinski definition) is 1. The number of halogens is 2. The van der Waals surface area contributed by atoms with Crippen molar-refractivity contribution in [2.75, 3.05) is 0 Å². The van der Waals surface area contributed by atoms with Crippen molar-refractivity contribution >= 4 is 15.9 Å². The van der Waals surface area contributed by atoms with Gasteiger partial charge in [-0.3, -0.25) is 0 Å². The average Bonchev–Trinajstić information content (AvgIpc) is 2.51. The highest BCUT2D eigenvalue weighted by atomic mass is 79.9. The summed E-state index contributed by atoms with van der Waals surface area (Å²) in [6, 6.07) is 2.69. The van der Waals surface area contributed by atoms with Gasteiger partial charge in [0.2, 0.25) is 0 Å². The van der Waals surface area contributed by atoms with Crippen LogP contribution in [0.25, 0.3) is 0 Å². The Kier molecular flexibility index (Phi) is 2.49. The molecule has 76 valence electrons. The molecule has 2 nitrogen and oxygen atoms in total. The summed E-state index contributed by atoms with van der Waals surface area (Å²) < 4.78 is 19.8. The number of rotatable bonds is 1. The van der Waals surface area contributed by atoms with E-state index in [1.807, 2.05) is 6.92 Å². The molecule has 2 rings (SSSR count). The first kappa shape index (κ1) is 9.93. The van der Waals surface area contributed by atoms with Crippen LogP contribution in [0.15, 0.2) is 16.6 Å². The van der Waals surface area contributed by atoms with Crippen molar-refractivity contribution in [1.82, 2.24) is 0 Å². The van der Waals surface area contributed by atoms with Crippen LogP contribution in [0.4, 0.5) is 4.39 Å². The Morgan fingerprint density at radius 3 is 2.86 bits per heavy atom. The molecule has 0 aliphatic carbocycles. The Hall–Kier alpha value is -0.610. The van der Waals surface area contributed by atoms with Crippen molar-refractivity contribution in [2.45, 2.75) is 25.5 Å². The van der Waals surface area contributed by atoms with Crippen LogP contribution in [0.5, 0.6) is 5.75 Å². The Bertz CT molecular complexity index is 369. The molecule has 0 spiro atoms. The third kappa shape index (κ3) is 1.33. The number of benzene rings is 1. The van der Waals surface area contributed by atoms with Gasteiger partial charge in [-0.1, -0.05) is 6.92 Å². The molecule has 1 heterocycles. The van der Waals surface area contributed by atoms with Crippen molar-refractivity contribution in [3.8, 4) is 5.75 Å². The number of hydrogen-bond acceptors (Lipinski definition) is 2. The van der Waals surface area contributed by atoms with Gasteiger partial charge in [0.25, 0.3) is 0 Å². The lowest BCUT2D eigenvalue weighted by atomic mass is 10.0. The fourth-order valence-electron chi connectivity index (χ4n) is 1.73. The molecule has 1 aromatic rings. The van der Waals surface area contributed by atoms with E-state index in [-0.39, 0.29) is 18.0 Å². The van der Waals surface area contributed by atoms with E-state index >= 15 is 0 Å². The predicted octanol–water partition coefficient (Wildman–Crippen LogP) is 2.76. The Balaban J connectivity index is 2.52. The highest BCUT2D eigenvalue weighted by Crippen LogP contribution is 2.42. The summed E-state index contributed by atoms with van der Waals surface area (Å²) in [5, 5.41) is 0. The molecule has 1 aliphatic rings. The molecular weight excluding hydrogens is 249 g/mol. The second-order valence-electron chi connectivity index (χ2n) is 3.36. The summed E-state index contributed by atoms with van der Waals surface area (Å²) >= 11 is 3.32. The summed E-state index contributed by atoms with van der Waals surface area (Å²) in [4.78, 5) is 0. The van der Waals surface area contributed by atoms with Crippen LogP contribution in [-0.2, 0) is 0 Å². The van der Waals surface area contributed by atoms with Gasteiger partial charge in [-0.2, -0.15) is 0 Å². The zero-order valence-electron chi connectivity index (χ0n) is 7.76. The van der Waals surface area contributed by atoms with Crippen LogP contribution in [0.2, 0.25) is 0 Å². The molecule has 1 aromatic carbocycles. The first-order valence-electron chi connectivity index (χ1n) is 4.55. The van der Waals surface area contributed by atoms with Crippen LogP contribution in [0.1, 0.15) is 24.9 Å². The highest BCUT2D eigenvalue weighted by molar-refractivity contribution is 9.10. The SMILES string of the molecule is CCC1Oc2c(Br)ccc(F)c2C1N. The largest absolute Gasteiger partial charge is 0.487 e. The van der Waals surface area contributed by atoms with Crippen LogP contribution in [-0.4, -0.2) is 6.10 Å². The van der Waals surface area contributed by atoms with Gasteiger partial charge in [-0.05, 0) is 34.5 Å². The van der Waals surface area contributed by atoms with E-state index in [2.05, 4.69) is 15.9 Å². The van der Waals surface area contributed by atoms with Gasteiger partial charge in [0.15, 0.2) is 0 Å². The van der Waals surface area contributed by atoms with Crippen molar-refractivity contribution in [2.24, 2.45) is 5.73 Å². The van der Waals surface area contributed by atoms with E-state index in [1.54, 1.807) is 6.07 Å².